The Morgan fingerprint density at radius 2 is 1.75 bits per heavy atom. The number of ether oxygens (including phenoxy) is 1. The largest absolute Gasteiger partial charge is 0.496 e. The van der Waals surface area contributed by atoms with Crippen molar-refractivity contribution in [3.63, 3.8) is 0 Å². The lowest BCUT2D eigenvalue weighted by Crippen LogP contribution is -2.13. The van der Waals surface area contributed by atoms with Gasteiger partial charge in [-0.3, -0.25) is 0 Å². The van der Waals surface area contributed by atoms with Crippen molar-refractivity contribution in [2.75, 3.05) is 7.11 Å². The van der Waals surface area contributed by atoms with Crippen molar-refractivity contribution in [1.82, 2.24) is 0 Å². The molecule has 0 saturated heterocycles. The average molecular weight is 355 g/mol. The van der Waals surface area contributed by atoms with Gasteiger partial charge >= 0.3 is 0 Å². The van der Waals surface area contributed by atoms with Crippen LogP contribution in [-0.2, 0) is 0 Å². The first-order valence-corrected chi connectivity index (χ1v) is 7.46. The highest BCUT2D eigenvalue weighted by Gasteiger charge is 2.16. The topological polar surface area (TPSA) is 35.2 Å². The van der Waals surface area contributed by atoms with E-state index in [2.05, 4.69) is 41.9 Å². The van der Waals surface area contributed by atoms with Crippen LogP contribution in [0.1, 0.15) is 28.3 Å². The Balaban J connectivity index is 2.51. The van der Waals surface area contributed by atoms with Gasteiger partial charge in [-0.25, -0.2) is 0 Å². The van der Waals surface area contributed by atoms with Gasteiger partial charge in [-0.05, 0) is 48.7 Å². The molecule has 0 aliphatic carbocycles. The molecule has 0 aliphatic rings. The van der Waals surface area contributed by atoms with E-state index >= 15 is 0 Å². The number of nitrogens with two attached hydrogens (primary N) is 1. The summed E-state index contributed by atoms with van der Waals surface area (Å²) in [5, 5.41) is 0.654. The van der Waals surface area contributed by atoms with E-state index in [1.54, 1.807) is 13.2 Å². The molecule has 0 radical (unpaired) electrons. The van der Waals surface area contributed by atoms with E-state index in [-0.39, 0.29) is 6.04 Å². The zero-order chi connectivity index (χ0) is 14.9. The van der Waals surface area contributed by atoms with E-state index in [9.17, 15) is 0 Å². The van der Waals surface area contributed by atoms with Gasteiger partial charge in [0.2, 0.25) is 0 Å². The SMILES string of the molecule is COc1ccc(Cl)cc1C(N)c1cc(C)c(Br)c(C)c1. The summed E-state index contributed by atoms with van der Waals surface area (Å²) in [6, 6.07) is 9.40. The molecule has 0 aromatic heterocycles. The van der Waals surface area contributed by atoms with Crippen LogP contribution in [0.2, 0.25) is 5.02 Å². The summed E-state index contributed by atoms with van der Waals surface area (Å²) in [5.74, 6) is 0.750. The Kier molecular flexibility index (Phi) is 4.74. The molecule has 0 fully saturated rings. The van der Waals surface area contributed by atoms with Gasteiger partial charge in [-0.1, -0.05) is 39.7 Å². The van der Waals surface area contributed by atoms with Crippen molar-refractivity contribution >= 4 is 27.5 Å². The van der Waals surface area contributed by atoms with Crippen LogP contribution in [0.4, 0.5) is 0 Å². The Hall–Kier alpha value is -1.03. The van der Waals surface area contributed by atoms with Gasteiger partial charge in [0, 0.05) is 15.1 Å². The fourth-order valence-corrected chi connectivity index (χ4v) is 2.70. The fourth-order valence-electron chi connectivity index (χ4n) is 2.29. The molecule has 2 aromatic carbocycles. The molecule has 1 atom stereocenters. The van der Waals surface area contributed by atoms with Gasteiger partial charge in [0.25, 0.3) is 0 Å². The van der Waals surface area contributed by atoms with E-state index < -0.39 is 0 Å². The zero-order valence-electron chi connectivity index (χ0n) is 11.7. The van der Waals surface area contributed by atoms with Gasteiger partial charge < -0.3 is 10.5 Å². The van der Waals surface area contributed by atoms with E-state index in [1.165, 1.54) is 0 Å². The van der Waals surface area contributed by atoms with E-state index in [1.807, 2.05) is 12.1 Å². The van der Waals surface area contributed by atoms with Gasteiger partial charge in [0.05, 0.1) is 13.2 Å². The van der Waals surface area contributed by atoms with Crippen LogP contribution in [0.5, 0.6) is 5.75 Å². The molecule has 106 valence electrons. The monoisotopic (exact) mass is 353 g/mol. The molecule has 2 rings (SSSR count). The maximum absolute atomic E-state index is 6.40. The van der Waals surface area contributed by atoms with E-state index in [4.69, 9.17) is 22.1 Å². The van der Waals surface area contributed by atoms with Gasteiger partial charge in [0.1, 0.15) is 5.75 Å². The zero-order valence-corrected chi connectivity index (χ0v) is 14.0. The minimum absolute atomic E-state index is 0.269. The first kappa shape index (κ1) is 15.4. The molecular formula is C16H17BrClNO. The Labute approximate surface area is 133 Å². The summed E-state index contributed by atoms with van der Waals surface area (Å²) in [6.07, 6.45) is 0. The van der Waals surface area contributed by atoms with Crippen LogP contribution in [-0.4, -0.2) is 7.11 Å². The molecule has 0 heterocycles. The number of methoxy groups -OCH3 is 1. The van der Waals surface area contributed by atoms with Crippen molar-refractivity contribution in [1.29, 1.82) is 0 Å². The molecular weight excluding hydrogens is 338 g/mol. The van der Waals surface area contributed by atoms with Crippen molar-refractivity contribution in [2.45, 2.75) is 19.9 Å². The molecule has 2 aromatic rings. The van der Waals surface area contributed by atoms with Crippen molar-refractivity contribution < 1.29 is 4.74 Å². The number of aryl methyl sites for hydroxylation is 2. The lowest BCUT2D eigenvalue weighted by Gasteiger charge is -2.18. The molecule has 0 saturated carbocycles. The Morgan fingerprint density at radius 1 is 1.15 bits per heavy atom. The predicted molar refractivity (Wildman–Crippen MR) is 87.7 cm³/mol. The average Bonchev–Trinajstić information content (AvgIpc) is 2.43. The standard InChI is InChI=1S/C16H17BrClNO/c1-9-6-11(7-10(2)15(9)17)16(19)13-8-12(18)4-5-14(13)20-3/h4-8,16H,19H2,1-3H3. The summed E-state index contributed by atoms with van der Waals surface area (Å²) >= 11 is 9.65. The molecule has 20 heavy (non-hydrogen) atoms. The smallest absolute Gasteiger partial charge is 0.124 e. The molecule has 0 aliphatic heterocycles. The van der Waals surface area contributed by atoms with Crippen molar-refractivity contribution in [2.24, 2.45) is 5.73 Å². The van der Waals surface area contributed by atoms with Crippen LogP contribution >= 0.6 is 27.5 Å². The second kappa shape index (κ2) is 6.17. The molecule has 0 bridgehead atoms. The maximum Gasteiger partial charge on any atom is 0.124 e. The second-order valence-electron chi connectivity index (χ2n) is 4.83. The van der Waals surface area contributed by atoms with Crippen LogP contribution in [0, 0.1) is 13.8 Å². The number of hydrogen-bond acceptors (Lipinski definition) is 2. The Bertz CT molecular complexity index is 619. The summed E-state index contributed by atoms with van der Waals surface area (Å²) in [5.41, 5.74) is 10.7. The third-order valence-corrected chi connectivity index (χ3v) is 4.83. The quantitative estimate of drug-likeness (QED) is 0.861. The molecule has 4 heteroatoms. The lowest BCUT2D eigenvalue weighted by molar-refractivity contribution is 0.408. The van der Waals surface area contributed by atoms with E-state index in [0.29, 0.717) is 5.02 Å². The summed E-state index contributed by atoms with van der Waals surface area (Å²) < 4.78 is 6.50. The van der Waals surface area contributed by atoms with Crippen molar-refractivity contribution in [3.05, 3.63) is 62.1 Å². The number of hydrogen-bond donors (Lipinski definition) is 1. The van der Waals surface area contributed by atoms with Crippen molar-refractivity contribution in [3.8, 4) is 5.75 Å². The normalized spacial score (nSPS) is 12.3. The second-order valence-corrected chi connectivity index (χ2v) is 6.06. The van der Waals surface area contributed by atoms with Crippen LogP contribution in [0.3, 0.4) is 0 Å². The summed E-state index contributed by atoms with van der Waals surface area (Å²) in [4.78, 5) is 0. The minimum Gasteiger partial charge on any atom is -0.496 e. The van der Waals surface area contributed by atoms with Gasteiger partial charge in [0.15, 0.2) is 0 Å². The van der Waals surface area contributed by atoms with E-state index in [0.717, 1.165) is 32.5 Å². The molecule has 2 N–H and O–H groups in total. The fraction of sp³-hybridized carbons (Fsp3) is 0.250. The van der Waals surface area contributed by atoms with Crippen LogP contribution in [0.15, 0.2) is 34.8 Å². The summed E-state index contributed by atoms with van der Waals surface area (Å²) in [7, 11) is 1.64. The highest BCUT2D eigenvalue weighted by atomic mass is 79.9. The van der Waals surface area contributed by atoms with Gasteiger partial charge in [-0.2, -0.15) is 0 Å². The first-order valence-electron chi connectivity index (χ1n) is 6.29. The predicted octanol–water partition coefficient (Wildman–Crippen LogP) is 4.78. The summed E-state index contributed by atoms with van der Waals surface area (Å²) in [6.45, 7) is 4.12. The molecule has 0 amide bonds. The third-order valence-electron chi connectivity index (χ3n) is 3.34. The maximum atomic E-state index is 6.40. The first-order chi connectivity index (χ1) is 9.43. The number of halogens is 2. The van der Waals surface area contributed by atoms with Crippen LogP contribution < -0.4 is 10.5 Å². The number of rotatable bonds is 3. The van der Waals surface area contributed by atoms with Crippen LogP contribution in [0.25, 0.3) is 0 Å². The number of benzene rings is 2. The molecule has 0 spiro atoms. The highest BCUT2D eigenvalue weighted by Crippen LogP contribution is 2.33. The minimum atomic E-state index is -0.269. The van der Waals surface area contributed by atoms with Gasteiger partial charge in [-0.15, -0.1) is 0 Å². The molecule has 2 nitrogen and oxygen atoms in total. The highest BCUT2D eigenvalue weighted by molar-refractivity contribution is 9.10. The molecule has 1 unspecified atom stereocenters. The third kappa shape index (κ3) is 3.00. The Morgan fingerprint density at radius 3 is 2.30 bits per heavy atom. The lowest BCUT2D eigenvalue weighted by atomic mass is 9.96.